The average molecular weight is 285 g/mol. The fraction of sp³-hybridized carbons (Fsp3) is 0.579. The van der Waals surface area contributed by atoms with Crippen LogP contribution in [0.1, 0.15) is 51.0 Å². The number of ether oxygens (including phenoxy) is 1. The van der Waals surface area contributed by atoms with Crippen LogP contribution in [0.4, 0.5) is 0 Å². The highest BCUT2D eigenvalue weighted by molar-refractivity contribution is 5.33. The molecule has 2 nitrogen and oxygen atoms in total. The normalized spacial score (nSPS) is 21.9. The molecule has 1 heterocycles. The van der Waals surface area contributed by atoms with E-state index < -0.39 is 0 Å². The molecule has 0 spiro atoms. The Kier molecular flexibility index (Phi) is 4.64. The van der Waals surface area contributed by atoms with E-state index in [0.29, 0.717) is 6.04 Å². The third-order valence-corrected chi connectivity index (χ3v) is 5.01. The Morgan fingerprint density at radius 2 is 1.95 bits per heavy atom. The van der Waals surface area contributed by atoms with Gasteiger partial charge in [0.1, 0.15) is 5.76 Å². The lowest BCUT2D eigenvalue weighted by Gasteiger charge is -2.39. The molecule has 0 amide bonds. The molecule has 3 rings (SSSR count). The summed E-state index contributed by atoms with van der Waals surface area (Å²) >= 11 is 0. The van der Waals surface area contributed by atoms with Crippen molar-refractivity contribution in [3.63, 3.8) is 0 Å². The third-order valence-electron chi connectivity index (χ3n) is 5.01. The van der Waals surface area contributed by atoms with Gasteiger partial charge in [0.05, 0.1) is 12.6 Å². The summed E-state index contributed by atoms with van der Waals surface area (Å²) in [4.78, 5) is 0. The molecule has 1 N–H and O–H groups in total. The minimum Gasteiger partial charge on any atom is -0.496 e. The van der Waals surface area contributed by atoms with Gasteiger partial charge in [-0.05, 0) is 37.4 Å². The van der Waals surface area contributed by atoms with Crippen molar-refractivity contribution in [1.82, 2.24) is 5.32 Å². The average Bonchev–Trinajstić information content (AvgIpc) is 3.21. The highest BCUT2D eigenvalue weighted by Gasteiger charge is 2.45. The van der Waals surface area contributed by atoms with Gasteiger partial charge in [-0.25, -0.2) is 0 Å². The van der Waals surface area contributed by atoms with Gasteiger partial charge in [0.25, 0.3) is 0 Å². The predicted molar refractivity (Wildman–Crippen MR) is 87.3 cm³/mol. The molecule has 1 saturated carbocycles. The Morgan fingerprint density at radius 3 is 2.57 bits per heavy atom. The van der Waals surface area contributed by atoms with Crippen molar-refractivity contribution in [3.8, 4) is 0 Å². The van der Waals surface area contributed by atoms with Crippen molar-refractivity contribution < 1.29 is 4.74 Å². The minimum absolute atomic E-state index is 0.215. The number of rotatable bonds is 6. The second kappa shape index (κ2) is 6.65. The molecule has 1 unspecified atom stereocenters. The largest absolute Gasteiger partial charge is 0.496 e. The van der Waals surface area contributed by atoms with Crippen molar-refractivity contribution in [3.05, 3.63) is 47.7 Å². The summed E-state index contributed by atoms with van der Waals surface area (Å²) in [5.41, 5.74) is 1.69. The minimum atomic E-state index is 0.215. The topological polar surface area (TPSA) is 21.3 Å². The van der Waals surface area contributed by atoms with Crippen LogP contribution in [0.2, 0.25) is 0 Å². The first kappa shape index (κ1) is 14.6. The molecule has 0 bridgehead atoms. The summed E-state index contributed by atoms with van der Waals surface area (Å²) in [6, 6.07) is 11.4. The van der Waals surface area contributed by atoms with E-state index in [2.05, 4.69) is 48.6 Å². The molecule has 1 aromatic rings. The first-order valence-electron chi connectivity index (χ1n) is 8.48. The first-order chi connectivity index (χ1) is 10.4. The quantitative estimate of drug-likeness (QED) is 0.847. The second-order valence-electron chi connectivity index (χ2n) is 6.36. The van der Waals surface area contributed by atoms with Crippen molar-refractivity contribution >= 4 is 0 Å². The fourth-order valence-corrected chi connectivity index (χ4v) is 4.02. The van der Waals surface area contributed by atoms with E-state index >= 15 is 0 Å². The lowest BCUT2D eigenvalue weighted by atomic mass is 9.71. The molecule has 0 radical (unpaired) electrons. The van der Waals surface area contributed by atoms with Crippen LogP contribution in [-0.4, -0.2) is 19.2 Å². The molecule has 1 aromatic carbocycles. The Labute approximate surface area is 128 Å². The van der Waals surface area contributed by atoms with Crippen LogP contribution in [0.5, 0.6) is 0 Å². The van der Waals surface area contributed by atoms with E-state index in [1.165, 1.54) is 37.0 Å². The van der Waals surface area contributed by atoms with Crippen LogP contribution in [-0.2, 0) is 10.2 Å². The maximum Gasteiger partial charge on any atom is 0.110 e. The highest BCUT2D eigenvalue weighted by atomic mass is 16.5. The third kappa shape index (κ3) is 2.87. The van der Waals surface area contributed by atoms with Crippen LogP contribution < -0.4 is 5.32 Å². The summed E-state index contributed by atoms with van der Waals surface area (Å²) in [5.74, 6) is 1.19. The highest BCUT2D eigenvalue weighted by Crippen LogP contribution is 2.46. The molecular weight excluding hydrogens is 258 g/mol. The summed E-state index contributed by atoms with van der Waals surface area (Å²) in [7, 11) is 0. The maximum atomic E-state index is 5.97. The molecule has 0 aromatic heterocycles. The zero-order valence-corrected chi connectivity index (χ0v) is 13.1. The van der Waals surface area contributed by atoms with Crippen molar-refractivity contribution in [2.24, 2.45) is 0 Å². The number of nitrogens with one attached hydrogen (secondary N) is 1. The number of hydrogen-bond acceptors (Lipinski definition) is 2. The molecule has 2 heteroatoms. The van der Waals surface area contributed by atoms with E-state index in [0.717, 1.165) is 26.0 Å². The zero-order valence-electron chi connectivity index (χ0n) is 13.1. The van der Waals surface area contributed by atoms with Gasteiger partial charge in [-0.15, -0.1) is 0 Å². The summed E-state index contributed by atoms with van der Waals surface area (Å²) < 4.78 is 5.97. The van der Waals surface area contributed by atoms with Crippen LogP contribution in [0.25, 0.3) is 0 Å². The van der Waals surface area contributed by atoms with Gasteiger partial charge in [-0.2, -0.15) is 0 Å². The molecule has 2 aliphatic rings. The van der Waals surface area contributed by atoms with Crippen LogP contribution in [0.3, 0.4) is 0 Å². The smallest absolute Gasteiger partial charge is 0.110 e. The summed E-state index contributed by atoms with van der Waals surface area (Å²) in [5, 5.41) is 3.80. The van der Waals surface area contributed by atoms with E-state index in [-0.39, 0.29) is 5.41 Å². The monoisotopic (exact) mass is 285 g/mol. The fourth-order valence-electron chi connectivity index (χ4n) is 4.02. The van der Waals surface area contributed by atoms with Crippen molar-refractivity contribution in [1.29, 1.82) is 0 Å². The van der Waals surface area contributed by atoms with Crippen LogP contribution in [0.15, 0.2) is 42.2 Å². The van der Waals surface area contributed by atoms with Crippen LogP contribution in [0, 0.1) is 0 Å². The van der Waals surface area contributed by atoms with Gasteiger partial charge in [0.2, 0.25) is 0 Å². The SMILES string of the molecule is CCCNC(C1=CCCO1)C1(c2ccccc2)CCCC1. The van der Waals surface area contributed by atoms with Gasteiger partial charge in [0.15, 0.2) is 0 Å². The van der Waals surface area contributed by atoms with Gasteiger partial charge in [0, 0.05) is 11.8 Å². The molecule has 21 heavy (non-hydrogen) atoms. The maximum absolute atomic E-state index is 5.97. The van der Waals surface area contributed by atoms with Crippen molar-refractivity contribution in [2.45, 2.75) is 56.9 Å². The zero-order chi connectivity index (χ0) is 14.5. The first-order valence-corrected chi connectivity index (χ1v) is 8.48. The number of benzene rings is 1. The van der Waals surface area contributed by atoms with E-state index in [4.69, 9.17) is 4.74 Å². The Morgan fingerprint density at radius 1 is 1.19 bits per heavy atom. The van der Waals surface area contributed by atoms with E-state index in [1.807, 2.05) is 0 Å². The van der Waals surface area contributed by atoms with E-state index in [9.17, 15) is 0 Å². The molecule has 0 saturated heterocycles. The Hall–Kier alpha value is -1.28. The Bertz CT molecular complexity index is 474. The van der Waals surface area contributed by atoms with E-state index in [1.54, 1.807) is 0 Å². The Balaban J connectivity index is 1.96. The molecule has 114 valence electrons. The second-order valence-corrected chi connectivity index (χ2v) is 6.36. The lowest BCUT2D eigenvalue weighted by molar-refractivity contribution is 0.178. The van der Waals surface area contributed by atoms with Gasteiger partial charge >= 0.3 is 0 Å². The van der Waals surface area contributed by atoms with Gasteiger partial charge < -0.3 is 10.1 Å². The summed E-state index contributed by atoms with van der Waals surface area (Å²) in [6.07, 6.45) is 9.70. The predicted octanol–water partition coefficient (Wildman–Crippen LogP) is 4.17. The number of hydrogen-bond donors (Lipinski definition) is 1. The molecular formula is C19H27NO. The van der Waals surface area contributed by atoms with Crippen LogP contribution >= 0.6 is 0 Å². The van der Waals surface area contributed by atoms with Crippen molar-refractivity contribution in [2.75, 3.05) is 13.2 Å². The molecule has 1 aliphatic carbocycles. The molecule has 1 atom stereocenters. The standard InChI is InChI=1S/C19H27NO/c1-2-14-20-18(17-11-8-15-21-17)19(12-6-7-13-19)16-9-4-3-5-10-16/h3-5,9-11,18,20H,2,6-8,12-15H2,1H3. The lowest BCUT2D eigenvalue weighted by Crippen LogP contribution is -2.48. The van der Waals surface area contributed by atoms with Gasteiger partial charge in [-0.1, -0.05) is 50.1 Å². The molecule has 1 aliphatic heterocycles. The summed E-state index contributed by atoms with van der Waals surface area (Å²) in [6.45, 7) is 4.14. The van der Waals surface area contributed by atoms with Gasteiger partial charge in [-0.3, -0.25) is 0 Å². The molecule has 1 fully saturated rings.